The number of nitrogens with zero attached hydrogens (tertiary/aromatic N) is 1. The van der Waals surface area contributed by atoms with Crippen molar-refractivity contribution in [2.75, 3.05) is 0 Å². The smallest absolute Gasteiger partial charge is 0.248 e. The number of aromatic nitrogens is 1. The van der Waals surface area contributed by atoms with Crippen molar-refractivity contribution in [3.05, 3.63) is 23.5 Å². The highest BCUT2D eigenvalue weighted by atomic mass is 32.1. The van der Waals surface area contributed by atoms with Crippen LogP contribution in [0.3, 0.4) is 0 Å². The summed E-state index contributed by atoms with van der Waals surface area (Å²) in [4.78, 5) is 3.20. The zero-order valence-electron chi connectivity index (χ0n) is 6.18. The third kappa shape index (κ3) is 1.91. The zero-order chi connectivity index (χ0) is 9.35. The van der Waals surface area contributed by atoms with E-state index in [4.69, 9.17) is 0 Å². The van der Waals surface area contributed by atoms with Crippen LogP contribution in [0.15, 0.2) is 17.0 Å². The number of thiol groups is 1. The Morgan fingerprint density at radius 1 is 1.33 bits per heavy atom. The Labute approximate surface area is 73.0 Å². The summed E-state index contributed by atoms with van der Waals surface area (Å²) in [5, 5.41) is 0. The molecule has 0 N–H and O–H groups in total. The minimum Gasteiger partial charge on any atom is -0.248 e. The van der Waals surface area contributed by atoms with Gasteiger partial charge in [0.05, 0.1) is 0 Å². The number of rotatable bonds is 0. The van der Waals surface area contributed by atoms with Crippen molar-refractivity contribution in [1.82, 2.24) is 4.98 Å². The van der Waals surface area contributed by atoms with Gasteiger partial charge in [0, 0.05) is 10.6 Å². The average Bonchev–Trinajstić information content (AvgIpc) is 1.92. The molecule has 0 fully saturated rings. The van der Waals surface area contributed by atoms with Crippen molar-refractivity contribution in [3.63, 3.8) is 0 Å². The number of alkyl halides is 3. The lowest BCUT2D eigenvalue weighted by Gasteiger charge is -2.08. The van der Waals surface area contributed by atoms with Crippen molar-refractivity contribution in [2.24, 2.45) is 0 Å². The molecule has 1 nitrogen and oxygen atoms in total. The summed E-state index contributed by atoms with van der Waals surface area (Å²) in [6.45, 7) is 1.50. The molecule has 0 spiro atoms. The Bertz CT molecular complexity index is 295. The Kier molecular flexibility index (Phi) is 2.32. The molecule has 0 aliphatic carbocycles. The Hall–Kier alpha value is -0.710. The van der Waals surface area contributed by atoms with Crippen LogP contribution in [-0.2, 0) is 6.18 Å². The first kappa shape index (κ1) is 9.38. The topological polar surface area (TPSA) is 12.9 Å². The van der Waals surface area contributed by atoms with E-state index in [1.807, 2.05) is 0 Å². The van der Waals surface area contributed by atoms with Gasteiger partial charge in [-0.15, -0.1) is 12.6 Å². The zero-order valence-corrected chi connectivity index (χ0v) is 7.08. The van der Waals surface area contributed by atoms with Gasteiger partial charge < -0.3 is 0 Å². The van der Waals surface area contributed by atoms with Crippen molar-refractivity contribution < 1.29 is 13.2 Å². The molecule has 0 saturated heterocycles. The van der Waals surface area contributed by atoms with Gasteiger partial charge in [0.15, 0.2) is 5.69 Å². The summed E-state index contributed by atoms with van der Waals surface area (Å²) < 4.78 is 36.4. The van der Waals surface area contributed by atoms with E-state index in [0.717, 1.165) is 0 Å². The van der Waals surface area contributed by atoms with E-state index in [0.29, 0.717) is 5.69 Å². The predicted octanol–water partition coefficient (Wildman–Crippen LogP) is 2.70. The van der Waals surface area contributed by atoms with Gasteiger partial charge in [0.25, 0.3) is 0 Å². The van der Waals surface area contributed by atoms with Crippen LogP contribution >= 0.6 is 12.6 Å². The number of hydrogen-bond donors (Lipinski definition) is 1. The second kappa shape index (κ2) is 2.97. The molecular formula is C7H6F3NS. The lowest BCUT2D eigenvalue weighted by molar-refractivity contribution is -0.143. The van der Waals surface area contributed by atoms with Gasteiger partial charge in [-0.2, -0.15) is 13.2 Å². The van der Waals surface area contributed by atoms with E-state index in [1.165, 1.54) is 19.1 Å². The number of hydrogen-bond acceptors (Lipinski definition) is 2. The Morgan fingerprint density at radius 3 is 2.33 bits per heavy atom. The minimum absolute atomic E-state index is 0.145. The van der Waals surface area contributed by atoms with E-state index in [-0.39, 0.29) is 4.90 Å². The van der Waals surface area contributed by atoms with Crippen LogP contribution in [0, 0.1) is 6.92 Å². The van der Waals surface area contributed by atoms with Crippen LogP contribution in [0.2, 0.25) is 0 Å². The molecule has 5 heteroatoms. The van der Waals surface area contributed by atoms with Crippen molar-refractivity contribution in [3.8, 4) is 0 Å². The second-order valence-electron chi connectivity index (χ2n) is 2.32. The van der Waals surface area contributed by atoms with Gasteiger partial charge >= 0.3 is 6.18 Å². The summed E-state index contributed by atoms with van der Waals surface area (Å²) in [6, 6.07) is 2.77. The monoisotopic (exact) mass is 193 g/mol. The fourth-order valence-electron chi connectivity index (χ4n) is 0.758. The summed E-state index contributed by atoms with van der Waals surface area (Å²) in [5.41, 5.74) is -0.592. The largest absolute Gasteiger partial charge is 0.434 e. The molecule has 0 amide bonds. The normalized spacial score (nSPS) is 11.8. The van der Waals surface area contributed by atoms with Gasteiger partial charge in [0.1, 0.15) is 0 Å². The average molecular weight is 193 g/mol. The highest BCUT2D eigenvalue weighted by molar-refractivity contribution is 7.80. The van der Waals surface area contributed by atoms with Crippen LogP contribution in [0.4, 0.5) is 13.2 Å². The molecule has 0 radical (unpaired) electrons. The summed E-state index contributed by atoms with van der Waals surface area (Å²) >= 11 is 3.66. The van der Waals surface area contributed by atoms with Gasteiger partial charge in [-0.05, 0) is 19.1 Å². The van der Waals surface area contributed by atoms with Gasteiger partial charge in [-0.1, -0.05) is 0 Å². The molecule has 1 aromatic rings. The highest BCUT2D eigenvalue weighted by Crippen LogP contribution is 2.31. The molecule has 0 bridgehead atoms. The first-order chi connectivity index (χ1) is 5.41. The lowest BCUT2D eigenvalue weighted by Crippen LogP contribution is -2.09. The van der Waals surface area contributed by atoms with Crippen LogP contribution in [0.25, 0.3) is 0 Å². The van der Waals surface area contributed by atoms with E-state index in [2.05, 4.69) is 17.6 Å². The maximum atomic E-state index is 12.1. The maximum Gasteiger partial charge on any atom is 0.434 e. The number of pyridine rings is 1. The number of halogens is 3. The van der Waals surface area contributed by atoms with Crippen LogP contribution < -0.4 is 0 Å². The van der Waals surface area contributed by atoms with Crippen molar-refractivity contribution in [1.29, 1.82) is 0 Å². The first-order valence-corrected chi connectivity index (χ1v) is 3.60. The Morgan fingerprint density at radius 2 is 1.92 bits per heavy atom. The van der Waals surface area contributed by atoms with Crippen molar-refractivity contribution >= 4 is 12.6 Å². The molecule has 0 aliphatic rings. The molecule has 12 heavy (non-hydrogen) atoms. The third-order valence-corrected chi connectivity index (χ3v) is 1.64. The number of aryl methyl sites for hydroxylation is 1. The molecule has 1 heterocycles. The highest BCUT2D eigenvalue weighted by Gasteiger charge is 2.34. The fourth-order valence-corrected chi connectivity index (χ4v) is 1.01. The third-order valence-electron chi connectivity index (χ3n) is 1.28. The molecule has 66 valence electrons. The summed E-state index contributed by atoms with van der Waals surface area (Å²) in [7, 11) is 0. The quantitative estimate of drug-likeness (QED) is 0.625. The van der Waals surface area contributed by atoms with Gasteiger partial charge in [0.2, 0.25) is 0 Å². The van der Waals surface area contributed by atoms with E-state index in [1.54, 1.807) is 0 Å². The van der Waals surface area contributed by atoms with E-state index in [9.17, 15) is 13.2 Å². The van der Waals surface area contributed by atoms with Crippen LogP contribution in [0.5, 0.6) is 0 Å². The van der Waals surface area contributed by atoms with Gasteiger partial charge in [-0.3, -0.25) is 0 Å². The lowest BCUT2D eigenvalue weighted by atomic mass is 10.3. The maximum absolute atomic E-state index is 12.1. The van der Waals surface area contributed by atoms with Gasteiger partial charge in [-0.25, -0.2) is 4.98 Å². The molecule has 1 rings (SSSR count). The standard InChI is InChI=1S/C7H6F3NS/c1-4-2-3-5(12)6(11-4)7(8,9)10/h2-3,12H,1H3. The fraction of sp³-hybridized carbons (Fsp3) is 0.286. The molecule has 0 aliphatic heterocycles. The molecular weight excluding hydrogens is 187 g/mol. The molecule has 0 atom stereocenters. The molecule has 0 saturated carbocycles. The summed E-state index contributed by atoms with van der Waals surface area (Å²) in [6.07, 6.45) is -4.41. The summed E-state index contributed by atoms with van der Waals surface area (Å²) in [5.74, 6) is 0. The van der Waals surface area contributed by atoms with Crippen molar-refractivity contribution in [2.45, 2.75) is 18.0 Å². The predicted molar refractivity (Wildman–Crippen MR) is 41.2 cm³/mol. The molecule has 0 unspecified atom stereocenters. The second-order valence-corrected chi connectivity index (χ2v) is 2.80. The van der Waals surface area contributed by atoms with E-state index >= 15 is 0 Å². The molecule has 1 aromatic heterocycles. The van der Waals surface area contributed by atoms with Crippen LogP contribution in [0.1, 0.15) is 11.4 Å². The SMILES string of the molecule is Cc1ccc(S)c(C(F)(F)F)n1. The molecule has 0 aromatic carbocycles. The Balaban J connectivity index is 3.23. The van der Waals surface area contributed by atoms with Crippen LogP contribution in [-0.4, -0.2) is 4.98 Å². The first-order valence-electron chi connectivity index (χ1n) is 3.15. The van der Waals surface area contributed by atoms with E-state index < -0.39 is 11.9 Å². The minimum atomic E-state index is -4.41.